The van der Waals surface area contributed by atoms with Gasteiger partial charge in [-0.15, -0.1) is 4.28 Å². The lowest BCUT2D eigenvalue weighted by atomic mass is 9.95. The van der Waals surface area contributed by atoms with Gasteiger partial charge in [0, 0.05) is 20.1 Å². The van der Waals surface area contributed by atoms with Crippen molar-refractivity contribution in [1.82, 2.24) is 15.4 Å². The number of nitrogens with zero attached hydrogens (tertiary/aromatic N) is 2. The van der Waals surface area contributed by atoms with Crippen LogP contribution < -0.4 is 11.2 Å². The van der Waals surface area contributed by atoms with Crippen LogP contribution in [0.5, 0.6) is 0 Å². The zero-order chi connectivity index (χ0) is 23.7. The van der Waals surface area contributed by atoms with E-state index >= 15 is 0 Å². The molecule has 1 aliphatic heterocycles. The Kier molecular flexibility index (Phi) is 10.6. The van der Waals surface area contributed by atoms with E-state index < -0.39 is 46.4 Å². The number of piperidine rings is 1. The molecule has 1 aliphatic rings. The lowest BCUT2D eigenvalue weighted by Crippen LogP contribution is -2.55. The minimum Gasteiger partial charge on any atom is -0.466 e. The number of nitrogens with two attached hydrogens (primary N) is 1. The number of likely N-dealkylation sites (tertiary alicyclic amines) is 1. The summed E-state index contributed by atoms with van der Waals surface area (Å²) in [6.07, 6.45) is 1.70. The Balaban J connectivity index is 2.73. The molecule has 13 nitrogen and oxygen atoms in total. The highest BCUT2D eigenvalue weighted by molar-refractivity contribution is 7.81. The van der Waals surface area contributed by atoms with Gasteiger partial charge in [0.1, 0.15) is 6.04 Å². The summed E-state index contributed by atoms with van der Waals surface area (Å²) >= 11 is 0. The van der Waals surface area contributed by atoms with Crippen LogP contribution in [0.4, 0.5) is 4.79 Å². The first kappa shape index (κ1) is 27.0. The average Bonchev–Trinajstić information content (AvgIpc) is 2.72. The topological polar surface area (TPSA) is 167 Å². The highest BCUT2D eigenvalue weighted by Crippen LogP contribution is 2.21. The molecule has 0 unspecified atom stereocenters. The first-order chi connectivity index (χ1) is 14.4. The molecule has 0 saturated carbocycles. The lowest BCUT2D eigenvalue weighted by Gasteiger charge is -2.36. The molecular weight excluding hydrogens is 436 g/mol. The van der Waals surface area contributed by atoms with Gasteiger partial charge in [-0.1, -0.05) is 0 Å². The first-order valence-corrected chi connectivity index (χ1v) is 11.2. The summed E-state index contributed by atoms with van der Waals surface area (Å²) in [5, 5.41) is 0.457. The second kappa shape index (κ2) is 12.1. The SMILES string of the molecule is CCOC(=O)C(C)(C)COS(=O)(=O)ON(C)C(=O)N1CCCC[C@H]1C(=O)NOCCN. The summed E-state index contributed by atoms with van der Waals surface area (Å²) in [5.41, 5.74) is 6.26. The van der Waals surface area contributed by atoms with E-state index in [2.05, 4.69) is 9.76 Å². The maximum Gasteiger partial charge on any atom is 0.421 e. The maximum atomic E-state index is 12.7. The van der Waals surface area contributed by atoms with Crippen LogP contribution in [0.15, 0.2) is 0 Å². The predicted octanol–water partition coefficient (Wildman–Crippen LogP) is -0.318. The molecule has 0 bridgehead atoms. The van der Waals surface area contributed by atoms with Crippen LogP contribution in [0.2, 0.25) is 0 Å². The summed E-state index contributed by atoms with van der Waals surface area (Å²) < 4.78 is 38.5. The van der Waals surface area contributed by atoms with Crippen molar-refractivity contribution in [1.29, 1.82) is 0 Å². The van der Waals surface area contributed by atoms with Crippen LogP contribution in [0.25, 0.3) is 0 Å². The Bertz CT molecular complexity index is 729. The van der Waals surface area contributed by atoms with Crippen LogP contribution >= 0.6 is 0 Å². The molecule has 1 atom stereocenters. The molecule has 31 heavy (non-hydrogen) atoms. The van der Waals surface area contributed by atoms with Crippen LogP contribution in [0.3, 0.4) is 0 Å². The lowest BCUT2D eigenvalue weighted by molar-refractivity contribution is -0.155. The number of hydroxylamine groups is 3. The molecule has 0 aromatic carbocycles. The fourth-order valence-corrected chi connectivity index (χ4v) is 3.48. The predicted molar refractivity (Wildman–Crippen MR) is 107 cm³/mol. The summed E-state index contributed by atoms with van der Waals surface area (Å²) in [6, 6.07) is -1.72. The number of ether oxygens (including phenoxy) is 1. The van der Waals surface area contributed by atoms with Crippen molar-refractivity contribution in [2.45, 2.75) is 46.1 Å². The molecule has 0 aromatic rings. The summed E-state index contributed by atoms with van der Waals surface area (Å²) in [4.78, 5) is 43.0. The van der Waals surface area contributed by atoms with E-state index in [-0.39, 0.29) is 26.3 Å². The number of urea groups is 1. The van der Waals surface area contributed by atoms with Crippen LogP contribution in [0, 0.1) is 5.41 Å². The normalized spacial score (nSPS) is 17.2. The third kappa shape index (κ3) is 8.57. The van der Waals surface area contributed by atoms with Crippen LogP contribution in [0.1, 0.15) is 40.0 Å². The van der Waals surface area contributed by atoms with Gasteiger partial charge in [-0.3, -0.25) is 14.4 Å². The third-order valence-electron chi connectivity index (χ3n) is 4.31. The van der Waals surface area contributed by atoms with Crippen molar-refractivity contribution >= 4 is 28.3 Å². The number of amides is 3. The molecule has 1 heterocycles. The summed E-state index contributed by atoms with van der Waals surface area (Å²) in [7, 11) is -3.59. The Morgan fingerprint density at radius 3 is 2.55 bits per heavy atom. The van der Waals surface area contributed by atoms with Gasteiger partial charge >= 0.3 is 22.4 Å². The highest BCUT2D eigenvalue weighted by atomic mass is 32.3. The molecule has 0 spiro atoms. The van der Waals surface area contributed by atoms with Crippen molar-refractivity contribution in [3.05, 3.63) is 0 Å². The molecule has 14 heteroatoms. The molecule has 0 aromatic heterocycles. The molecule has 1 saturated heterocycles. The summed E-state index contributed by atoms with van der Waals surface area (Å²) in [6.45, 7) is 4.61. The highest BCUT2D eigenvalue weighted by Gasteiger charge is 2.37. The van der Waals surface area contributed by atoms with E-state index in [4.69, 9.17) is 19.5 Å². The molecular formula is C17H32N4O9S. The van der Waals surface area contributed by atoms with Gasteiger partial charge in [-0.25, -0.2) is 14.5 Å². The standard InChI is InChI=1S/C17H32N4O9S/c1-5-27-15(23)17(2,3)12-29-31(25,26)30-20(4)16(24)21-10-7-6-8-13(21)14(22)19-28-11-9-18/h13H,5-12,18H2,1-4H3,(H,19,22)/t13-/m0/s1. The Labute approximate surface area is 182 Å². The molecule has 180 valence electrons. The zero-order valence-corrected chi connectivity index (χ0v) is 19.1. The zero-order valence-electron chi connectivity index (χ0n) is 18.3. The van der Waals surface area contributed by atoms with E-state index in [9.17, 15) is 22.8 Å². The second-order valence-electron chi connectivity index (χ2n) is 7.44. The van der Waals surface area contributed by atoms with Gasteiger partial charge in [-0.05, 0) is 40.0 Å². The smallest absolute Gasteiger partial charge is 0.421 e. The van der Waals surface area contributed by atoms with Gasteiger partial charge in [-0.2, -0.15) is 13.5 Å². The molecule has 3 amide bonds. The van der Waals surface area contributed by atoms with E-state index in [0.717, 1.165) is 7.05 Å². The maximum absolute atomic E-state index is 12.7. The van der Waals surface area contributed by atoms with Crippen LogP contribution in [-0.2, 0) is 38.0 Å². The number of hydrogen-bond acceptors (Lipinski definition) is 10. The monoisotopic (exact) mass is 468 g/mol. The summed E-state index contributed by atoms with van der Waals surface area (Å²) in [5.74, 6) is -1.20. The average molecular weight is 469 g/mol. The van der Waals surface area contributed by atoms with Crippen molar-refractivity contribution in [3.63, 3.8) is 0 Å². The van der Waals surface area contributed by atoms with Crippen molar-refractivity contribution in [2.24, 2.45) is 11.1 Å². The van der Waals surface area contributed by atoms with E-state index in [0.29, 0.717) is 24.3 Å². The fraction of sp³-hybridized carbons (Fsp3) is 0.824. The minimum atomic E-state index is -4.67. The molecule has 1 rings (SSSR count). The van der Waals surface area contributed by atoms with Gasteiger partial charge < -0.3 is 15.4 Å². The van der Waals surface area contributed by atoms with Gasteiger partial charge in [0.25, 0.3) is 5.91 Å². The third-order valence-corrected chi connectivity index (χ3v) is 5.12. The van der Waals surface area contributed by atoms with Crippen LogP contribution in [-0.4, -0.2) is 82.3 Å². The van der Waals surface area contributed by atoms with Gasteiger partial charge in [0.2, 0.25) is 0 Å². The molecule has 0 radical (unpaired) electrons. The largest absolute Gasteiger partial charge is 0.466 e. The van der Waals surface area contributed by atoms with E-state index in [1.165, 1.54) is 18.7 Å². The van der Waals surface area contributed by atoms with Gasteiger partial charge in [0.15, 0.2) is 0 Å². The Morgan fingerprint density at radius 2 is 1.94 bits per heavy atom. The number of carbonyl (C=O) groups is 3. The fourth-order valence-electron chi connectivity index (χ4n) is 2.66. The number of esters is 1. The molecule has 3 N–H and O–H groups in total. The van der Waals surface area contributed by atoms with Crippen molar-refractivity contribution in [3.8, 4) is 0 Å². The van der Waals surface area contributed by atoms with E-state index in [1.54, 1.807) is 6.92 Å². The van der Waals surface area contributed by atoms with Crippen molar-refractivity contribution in [2.75, 3.05) is 40.0 Å². The number of rotatable bonds is 11. The quantitative estimate of drug-likeness (QED) is 0.233. The number of hydrogen-bond donors (Lipinski definition) is 2. The van der Waals surface area contributed by atoms with E-state index in [1.807, 2.05) is 0 Å². The number of carbonyl (C=O) groups excluding carboxylic acids is 3. The van der Waals surface area contributed by atoms with Crippen molar-refractivity contribution < 1.29 is 40.8 Å². The first-order valence-electron chi connectivity index (χ1n) is 9.87. The molecule has 1 fully saturated rings. The minimum absolute atomic E-state index is 0.104. The second-order valence-corrected chi connectivity index (χ2v) is 8.64. The molecule has 0 aliphatic carbocycles. The van der Waals surface area contributed by atoms with Gasteiger partial charge in [0.05, 0.1) is 25.2 Å². The number of nitrogens with one attached hydrogen (secondary N) is 1. The Hall–Kier alpha value is -2.00. The Morgan fingerprint density at radius 1 is 1.26 bits per heavy atom.